The van der Waals surface area contributed by atoms with E-state index in [1.165, 1.54) is 0 Å². The van der Waals surface area contributed by atoms with E-state index in [4.69, 9.17) is 0 Å². The minimum atomic E-state index is -0.934. The fourth-order valence-corrected chi connectivity index (χ4v) is 2.81. The number of likely N-dealkylation sites (N-methyl/N-ethyl adjacent to an activating group) is 2. The number of aliphatic hydroxyl groups excluding tert-OH is 1. The Bertz CT molecular complexity index is 734. The Hall–Kier alpha value is -2.74. The van der Waals surface area contributed by atoms with E-state index >= 15 is 0 Å². The molecule has 0 spiro atoms. The summed E-state index contributed by atoms with van der Waals surface area (Å²) >= 11 is 0. The topological polar surface area (TPSA) is 87.5 Å². The zero-order valence-electron chi connectivity index (χ0n) is 20.2. The van der Waals surface area contributed by atoms with Gasteiger partial charge in [-0.15, -0.1) is 0 Å². The third-order valence-corrected chi connectivity index (χ3v) is 5.11. The van der Waals surface area contributed by atoms with Crippen LogP contribution in [-0.4, -0.2) is 73.5 Å². The molecule has 1 heterocycles. The summed E-state index contributed by atoms with van der Waals surface area (Å²) in [5, 5.41) is 21.2. The van der Waals surface area contributed by atoms with Gasteiger partial charge in [-0.25, -0.2) is 4.99 Å². The van der Waals surface area contributed by atoms with Crippen LogP contribution >= 0.6 is 0 Å². The molecule has 1 atom stereocenters. The fraction of sp³-hybridized carbons (Fsp3) is 0.565. The summed E-state index contributed by atoms with van der Waals surface area (Å²) in [6.45, 7) is 14.6. The summed E-state index contributed by atoms with van der Waals surface area (Å²) in [6, 6.07) is 0. The Kier molecular flexibility index (Phi) is 11.5. The van der Waals surface area contributed by atoms with E-state index in [-0.39, 0.29) is 0 Å². The lowest BCUT2D eigenvalue weighted by atomic mass is 10.1. The molecule has 0 aromatic rings. The molecule has 1 rings (SSSR count). The lowest BCUT2D eigenvalue weighted by molar-refractivity contribution is 0.191. The molecule has 0 saturated heterocycles. The minimum Gasteiger partial charge on any atom is -0.382 e. The van der Waals surface area contributed by atoms with Crippen LogP contribution in [0.3, 0.4) is 0 Å². The van der Waals surface area contributed by atoms with Gasteiger partial charge in [0, 0.05) is 57.9 Å². The van der Waals surface area contributed by atoms with Gasteiger partial charge in [-0.1, -0.05) is 26.5 Å². The van der Waals surface area contributed by atoms with Gasteiger partial charge >= 0.3 is 0 Å². The molecule has 0 aliphatic carbocycles. The van der Waals surface area contributed by atoms with Gasteiger partial charge in [-0.05, 0) is 32.3 Å². The lowest BCUT2D eigenvalue weighted by Gasteiger charge is -2.29. The first-order valence-electron chi connectivity index (χ1n) is 10.8. The van der Waals surface area contributed by atoms with Gasteiger partial charge in [-0.3, -0.25) is 0 Å². The van der Waals surface area contributed by atoms with Crippen LogP contribution in [0.5, 0.6) is 0 Å². The van der Waals surface area contributed by atoms with Crippen molar-refractivity contribution in [2.24, 2.45) is 16.0 Å². The van der Waals surface area contributed by atoms with Crippen LogP contribution in [0.15, 0.2) is 58.2 Å². The molecule has 1 aliphatic rings. The average molecular weight is 432 g/mol. The highest BCUT2D eigenvalue weighted by atomic mass is 16.3. The molecule has 0 aromatic carbocycles. The highest BCUT2D eigenvalue weighted by molar-refractivity contribution is 5.98. The highest BCUT2D eigenvalue weighted by Gasteiger charge is 2.15. The SMILES string of the molecule is C=C(/C(C)=N\NC)C(O)NC(/C=C\CC(C)C)=C(/C)N(C)CCN(C)C1=NC=CNC1. The third kappa shape index (κ3) is 9.29. The molecule has 8 heteroatoms. The van der Waals surface area contributed by atoms with Crippen molar-refractivity contribution in [2.75, 3.05) is 40.8 Å². The Balaban J connectivity index is 2.92. The second-order valence-electron chi connectivity index (χ2n) is 8.11. The predicted molar refractivity (Wildman–Crippen MR) is 132 cm³/mol. The lowest BCUT2D eigenvalue weighted by Crippen LogP contribution is -2.40. The van der Waals surface area contributed by atoms with Crippen LogP contribution in [0.25, 0.3) is 0 Å². The summed E-state index contributed by atoms with van der Waals surface area (Å²) in [7, 11) is 5.82. The van der Waals surface area contributed by atoms with Gasteiger partial charge in [0.1, 0.15) is 5.84 Å². The van der Waals surface area contributed by atoms with E-state index in [2.05, 4.69) is 76.4 Å². The Labute approximate surface area is 188 Å². The Morgan fingerprint density at radius 3 is 2.65 bits per heavy atom. The van der Waals surface area contributed by atoms with Gasteiger partial charge in [-0.2, -0.15) is 5.10 Å². The third-order valence-electron chi connectivity index (χ3n) is 5.11. The van der Waals surface area contributed by atoms with Crippen molar-refractivity contribution in [3.05, 3.63) is 48.1 Å². The normalized spacial score (nSPS) is 15.9. The zero-order valence-corrected chi connectivity index (χ0v) is 20.2. The van der Waals surface area contributed by atoms with E-state index in [1.807, 2.05) is 26.2 Å². The number of allylic oxidation sites excluding steroid dienone is 3. The van der Waals surface area contributed by atoms with Crippen LogP contribution in [-0.2, 0) is 0 Å². The van der Waals surface area contributed by atoms with E-state index < -0.39 is 6.23 Å². The molecule has 0 radical (unpaired) electrons. The number of amidine groups is 1. The van der Waals surface area contributed by atoms with Crippen LogP contribution in [0, 0.1) is 5.92 Å². The quantitative estimate of drug-likeness (QED) is 0.164. The number of aliphatic imine (C=N–C) groups is 1. The van der Waals surface area contributed by atoms with Crippen LogP contribution in [0.1, 0.15) is 34.1 Å². The van der Waals surface area contributed by atoms with Crippen LogP contribution in [0.2, 0.25) is 0 Å². The molecule has 0 amide bonds. The van der Waals surface area contributed by atoms with Gasteiger partial charge in [0.15, 0.2) is 6.23 Å². The highest BCUT2D eigenvalue weighted by Crippen LogP contribution is 2.12. The zero-order chi connectivity index (χ0) is 23.4. The standard InChI is InChI=1S/C23H41N7O/c1-17(2)10-9-11-21(27-23(31)18(3)19(4)28-24-6)20(5)29(7)14-15-30(8)22-16-25-12-13-26-22/h9,11-13,17,23-25,27,31H,3,10,14-16H2,1-2,4-8H3/b11-9-,21-20-,28-19-. The number of hydrazone groups is 1. The average Bonchev–Trinajstić information content (AvgIpc) is 2.75. The van der Waals surface area contributed by atoms with Crippen molar-refractivity contribution in [3.8, 4) is 0 Å². The maximum absolute atomic E-state index is 10.7. The van der Waals surface area contributed by atoms with Crippen molar-refractivity contribution < 1.29 is 5.11 Å². The summed E-state index contributed by atoms with van der Waals surface area (Å²) in [5.74, 6) is 1.58. The second-order valence-corrected chi connectivity index (χ2v) is 8.11. The molecule has 1 aliphatic heterocycles. The molecular formula is C23H41N7O. The molecule has 1 unspecified atom stereocenters. The smallest absolute Gasteiger partial charge is 0.152 e. The molecule has 174 valence electrons. The molecule has 0 aromatic heterocycles. The van der Waals surface area contributed by atoms with Gasteiger partial charge < -0.3 is 31.0 Å². The van der Waals surface area contributed by atoms with Crippen LogP contribution < -0.4 is 16.1 Å². The van der Waals surface area contributed by atoms with Crippen molar-refractivity contribution in [2.45, 2.75) is 40.3 Å². The monoisotopic (exact) mass is 431 g/mol. The summed E-state index contributed by atoms with van der Waals surface area (Å²) in [5.41, 5.74) is 5.79. The maximum atomic E-state index is 10.7. The number of nitrogens with one attached hydrogen (secondary N) is 3. The van der Waals surface area contributed by atoms with E-state index in [0.717, 1.165) is 43.3 Å². The number of hydrogen-bond donors (Lipinski definition) is 4. The first-order valence-corrected chi connectivity index (χ1v) is 10.8. The van der Waals surface area contributed by atoms with Crippen LogP contribution in [0.4, 0.5) is 0 Å². The van der Waals surface area contributed by atoms with E-state index in [0.29, 0.717) is 17.2 Å². The largest absolute Gasteiger partial charge is 0.382 e. The Morgan fingerprint density at radius 2 is 2.06 bits per heavy atom. The van der Waals surface area contributed by atoms with Gasteiger partial charge in [0.05, 0.1) is 18.0 Å². The molecule has 0 saturated carbocycles. The Morgan fingerprint density at radius 1 is 1.35 bits per heavy atom. The molecule has 0 fully saturated rings. The van der Waals surface area contributed by atoms with Crippen molar-refractivity contribution in [1.29, 1.82) is 0 Å². The van der Waals surface area contributed by atoms with Gasteiger partial charge in [0.2, 0.25) is 0 Å². The molecule has 0 bridgehead atoms. The van der Waals surface area contributed by atoms with E-state index in [9.17, 15) is 5.11 Å². The molecular weight excluding hydrogens is 390 g/mol. The fourth-order valence-electron chi connectivity index (χ4n) is 2.81. The van der Waals surface area contributed by atoms with E-state index in [1.54, 1.807) is 13.2 Å². The first-order chi connectivity index (χ1) is 14.7. The summed E-state index contributed by atoms with van der Waals surface area (Å²) < 4.78 is 0. The number of nitrogens with zero attached hydrogens (tertiary/aromatic N) is 4. The summed E-state index contributed by atoms with van der Waals surface area (Å²) in [4.78, 5) is 8.75. The second kappa shape index (κ2) is 13.5. The molecule has 31 heavy (non-hydrogen) atoms. The van der Waals surface area contributed by atoms with Crippen molar-refractivity contribution >= 4 is 11.5 Å². The number of hydrogen-bond acceptors (Lipinski definition) is 8. The van der Waals surface area contributed by atoms with Crippen molar-refractivity contribution in [1.82, 2.24) is 25.9 Å². The molecule has 4 N–H and O–H groups in total. The van der Waals surface area contributed by atoms with Crippen molar-refractivity contribution in [3.63, 3.8) is 0 Å². The first kappa shape index (κ1) is 26.3. The molecule has 8 nitrogen and oxygen atoms in total. The minimum absolute atomic E-state index is 0.523. The van der Waals surface area contributed by atoms with Gasteiger partial charge in [0.25, 0.3) is 0 Å². The number of aliphatic hydroxyl groups is 1. The number of rotatable bonds is 12. The maximum Gasteiger partial charge on any atom is 0.152 e. The summed E-state index contributed by atoms with van der Waals surface area (Å²) in [6.07, 6.45) is 7.82. The predicted octanol–water partition coefficient (Wildman–Crippen LogP) is 2.22.